The Morgan fingerprint density at radius 3 is 2.52 bits per heavy atom. The Balaban J connectivity index is 0.970. The second-order valence-corrected chi connectivity index (χ2v) is 10.3. The molecular weight excluding hydrogens is 506 g/mol. The van der Waals surface area contributed by atoms with Gasteiger partial charge in [-0.25, -0.2) is 9.97 Å². The van der Waals surface area contributed by atoms with Crippen LogP contribution in [0.4, 0.5) is 11.4 Å². The van der Waals surface area contributed by atoms with Gasteiger partial charge in [-0.2, -0.15) is 5.10 Å². The Hall–Kier alpha value is -4.35. The van der Waals surface area contributed by atoms with Crippen LogP contribution in [0.3, 0.4) is 0 Å². The van der Waals surface area contributed by atoms with E-state index in [2.05, 4.69) is 47.4 Å². The molecule has 2 fully saturated rings. The minimum Gasteiger partial charge on any atom is -0.368 e. The third-order valence-corrected chi connectivity index (χ3v) is 7.80. The third kappa shape index (κ3) is 5.51. The SMILES string of the molecule is NCc1[nH]nc2ccc(NC(=O)C3CCN(CC(=O)N4CCN(c5ccc(-c6ncccn6)cc5)CC4)C3)cc12. The number of nitrogens with one attached hydrogen (secondary N) is 2. The van der Waals surface area contributed by atoms with Gasteiger partial charge in [0.15, 0.2) is 5.82 Å². The number of nitrogens with two attached hydrogens (primary N) is 1. The highest BCUT2D eigenvalue weighted by molar-refractivity contribution is 5.95. The zero-order chi connectivity index (χ0) is 27.5. The first-order chi connectivity index (χ1) is 19.6. The molecule has 0 spiro atoms. The van der Waals surface area contributed by atoms with E-state index in [0.29, 0.717) is 38.5 Å². The van der Waals surface area contributed by atoms with Crippen LogP contribution in [0.5, 0.6) is 0 Å². The van der Waals surface area contributed by atoms with Gasteiger partial charge in [-0.1, -0.05) is 0 Å². The van der Waals surface area contributed by atoms with Crippen molar-refractivity contribution < 1.29 is 9.59 Å². The lowest BCUT2D eigenvalue weighted by Gasteiger charge is -2.36. The molecule has 2 saturated heterocycles. The topological polar surface area (TPSA) is 136 Å². The fraction of sp³-hybridized carbons (Fsp3) is 0.345. The number of rotatable bonds is 7. The van der Waals surface area contributed by atoms with Crippen LogP contribution in [-0.4, -0.2) is 87.6 Å². The second kappa shape index (κ2) is 11.4. The molecule has 11 heteroatoms. The predicted molar refractivity (Wildman–Crippen MR) is 153 cm³/mol. The van der Waals surface area contributed by atoms with E-state index in [1.807, 2.05) is 35.2 Å². The van der Waals surface area contributed by atoms with Crippen molar-refractivity contribution in [3.8, 4) is 11.4 Å². The van der Waals surface area contributed by atoms with Crippen molar-refractivity contribution in [3.05, 3.63) is 66.6 Å². The molecule has 1 atom stereocenters. The van der Waals surface area contributed by atoms with E-state index in [4.69, 9.17) is 5.73 Å². The molecule has 4 heterocycles. The molecule has 4 aromatic rings. The van der Waals surface area contributed by atoms with Crippen molar-refractivity contribution in [1.82, 2.24) is 30.0 Å². The lowest BCUT2D eigenvalue weighted by Crippen LogP contribution is -2.51. The van der Waals surface area contributed by atoms with Crippen molar-refractivity contribution in [2.45, 2.75) is 13.0 Å². The van der Waals surface area contributed by atoms with Gasteiger partial charge in [0, 0.05) is 74.0 Å². The lowest BCUT2D eigenvalue weighted by molar-refractivity contribution is -0.132. The zero-order valence-electron chi connectivity index (χ0n) is 22.3. The van der Waals surface area contributed by atoms with Crippen LogP contribution < -0.4 is 16.0 Å². The monoisotopic (exact) mass is 539 g/mol. The number of fused-ring (bicyclic) bond motifs is 1. The van der Waals surface area contributed by atoms with Crippen LogP contribution in [-0.2, 0) is 16.1 Å². The molecule has 2 aromatic heterocycles. The lowest BCUT2D eigenvalue weighted by atomic mass is 10.1. The molecule has 2 aromatic carbocycles. The van der Waals surface area contributed by atoms with Crippen molar-refractivity contribution >= 4 is 34.1 Å². The Labute approximate surface area is 232 Å². The number of hydrogen-bond donors (Lipinski definition) is 3. The molecular formula is C29H33N9O2. The molecule has 206 valence electrons. The van der Waals surface area contributed by atoms with Crippen LogP contribution in [0.15, 0.2) is 60.9 Å². The van der Waals surface area contributed by atoms with Crippen LogP contribution in [0.2, 0.25) is 0 Å². The number of aromatic amines is 1. The summed E-state index contributed by atoms with van der Waals surface area (Å²) >= 11 is 0. The first kappa shape index (κ1) is 25.9. The highest BCUT2D eigenvalue weighted by atomic mass is 16.2. The molecule has 0 aliphatic carbocycles. The normalized spacial score (nSPS) is 17.9. The van der Waals surface area contributed by atoms with Crippen molar-refractivity contribution in [2.75, 3.05) is 56.0 Å². The molecule has 0 bridgehead atoms. The third-order valence-electron chi connectivity index (χ3n) is 7.80. The van der Waals surface area contributed by atoms with E-state index in [-0.39, 0.29) is 17.7 Å². The predicted octanol–water partition coefficient (Wildman–Crippen LogP) is 2.09. The van der Waals surface area contributed by atoms with Gasteiger partial charge in [-0.15, -0.1) is 0 Å². The van der Waals surface area contributed by atoms with Gasteiger partial charge in [-0.3, -0.25) is 19.6 Å². The maximum Gasteiger partial charge on any atom is 0.236 e. The van der Waals surface area contributed by atoms with E-state index in [1.54, 1.807) is 18.5 Å². The van der Waals surface area contributed by atoms with Crippen LogP contribution >= 0.6 is 0 Å². The summed E-state index contributed by atoms with van der Waals surface area (Å²) in [6.45, 7) is 4.94. The number of hydrogen-bond acceptors (Lipinski definition) is 8. The molecule has 0 radical (unpaired) electrons. The number of aromatic nitrogens is 4. The summed E-state index contributed by atoms with van der Waals surface area (Å²) in [7, 11) is 0. The number of amides is 2. The first-order valence-corrected chi connectivity index (χ1v) is 13.7. The number of piperazine rings is 1. The summed E-state index contributed by atoms with van der Waals surface area (Å²) in [5.74, 6) is 0.661. The van der Waals surface area contributed by atoms with Crippen LogP contribution in [0.25, 0.3) is 22.3 Å². The standard InChI is InChI=1S/C29H33N9O2/c30-17-26-24-16-22(4-7-25(24)34-35-26)33-29(40)21-8-11-36(18-21)19-27(39)38-14-12-37(13-15-38)23-5-2-20(3-6-23)28-31-9-1-10-32-28/h1-7,9-10,16,21H,8,11-15,17-19,30H2,(H,33,40)(H,34,35). The minimum absolute atomic E-state index is 0.0226. The Morgan fingerprint density at radius 2 is 1.77 bits per heavy atom. The number of carbonyl (C=O) groups is 2. The summed E-state index contributed by atoms with van der Waals surface area (Å²) in [4.78, 5) is 41.0. The number of nitrogens with zero attached hydrogens (tertiary/aromatic N) is 6. The molecule has 6 rings (SSSR count). The summed E-state index contributed by atoms with van der Waals surface area (Å²) < 4.78 is 0. The largest absolute Gasteiger partial charge is 0.368 e. The second-order valence-electron chi connectivity index (χ2n) is 10.3. The van der Waals surface area contributed by atoms with E-state index in [1.165, 1.54) is 0 Å². The van der Waals surface area contributed by atoms with Crippen LogP contribution in [0, 0.1) is 5.92 Å². The van der Waals surface area contributed by atoms with E-state index < -0.39 is 0 Å². The number of carbonyl (C=O) groups excluding carboxylic acids is 2. The van der Waals surface area contributed by atoms with E-state index in [0.717, 1.165) is 59.6 Å². The van der Waals surface area contributed by atoms with E-state index >= 15 is 0 Å². The Bertz CT molecular complexity index is 1480. The van der Waals surface area contributed by atoms with Gasteiger partial charge in [0.1, 0.15) is 0 Å². The highest BCUT2D eigenvalue weighted by Crippen LogP contribution is 2.24. The molecule has 2 aliphatic rings. The molecule has 4 N–H and O–H groups in total. The number of anilines is 2. The summed E-state index contributed by atoms with van der Waals surface area (Å²) in [5, 5.41) is 11.1. The summed E-state index contributed by atoms with van der Waals surface area (Å²) in [5.41, 5.74) is 10.3. The fourth-order valence-corrected chi connectivity index (χ4v) is 5.51. The average Bonchev–Trinajstić information content (AvgIpc) is 3.64. The Kier molecular flexibility index (Phi) is 7.39. The molecule has 1 unspecified atom stereocenters. The quantitative estimate of drug-likeness (QED) is 0.325. The minimum atomic E-state index is -0.150. The fourth-order valence-electron chi connectivity index (χ4n) is 5.51. The van der Waals surface area contributed by atoms with Gasteiger partial charge in [-0.05, 0) is 61.5 Å². The zero-order valence-corrected chi connectivity index (χ0v) is 22.3. The molecule has 0 saturated carbocycles. The number of benzene rings is 2. The average molecular weight is 540 g/mol. The van der Waals surface area contributed by atoms with Gasteiger partial charge >= 0.3 is 0 Å². The maximum absolute atomic E-state index is 13.1. The number of likely N-dealkylation sites (tertiary alicyclic amines) is 1. The van der Waals surface area contributed by atoms with Crippen LogP contribution in [0.1, 0.15) is 12.1 Å². The number of H-pyrrole nitrogens is 1. The maximum atomic E-state index is 13.1. The molecule has 2 aliphatic heterocycles. The smallest absolute Gasteiger partial charge is 0.236 e. The van der Waals surface area contributed by atoms with Gasteiger partial charge in [0.2, 0.25) is 11.8 Å². The van der Waals surface area contributed by atoms with Gasteiger partial charge < -0.3 is 20.9 Å². The van der Waals surface area contributed by atoms with Gasteiger partial charge in [0.05, 0.1) is 23.7 Å². The summed E-state index contributed by atoms with van der Waals surface area (Å²) in [6.07, 6.45) is 4.22. The van der Waals surface area contributed by atoms with Crippen molar-refractivity contribution in [1.29, 1.82) is 0 Å². The summed E-state index contributed by atoms with van der Waals surface area (Å²) in [6, 6.07) is 15.7. The first-order valence-electron chi connectivity index (χ1n) is 13.7. The van der Waals surface area contributed by atoms with Gasteiger partial charge in [0.25, 0.3) is 0 Å². The highest BCUT2D eigenvalue weighted by Gasteiger charge is 2.31. The Morgan fingerprint density at radius 1 is 1.00 bits per heavy atom. The van der Waals surface area contributed by atoms with Crippen molar-refractivity contribution in [3.63, 3.8) is 0 Å². The molecule has 2 amide bonds. The van der Waals surface area contributed by atoms with E-state index in [9.17, 15) is 9.59 Å². The molecule has 40 heavy (non-hydrogen) atoms. The molecule has 11 nitrogen and oxygen atoms in total. The van der Waals surface area contributed by atoms with Crippen molar-refractivity contribution in [2.24, 2.45) is 11.7 Å².